The van der Waals surface area contributed by atoms with Crippen LogP contribution < -0.4 is 10.6 Å². The fourth-order valence-corrected chi connectivity index (χ4v) is 3.56. The molecule has 0 saturated carbocycles. The van der Waals surface area contributed by atoms with Gasteiger partial charge in [0.2, 0.25) is 5.91 Å². The number of hydrogen-bond acceptors (Lipinski definition) is 4. The molecular formula is C27H22N4O3. The van der Waals surface area contributed by atoms with E-state index >= 15 is 0 Å². The molecule has 2 amide bonds. The summed E-state index contributed by atoms with van der Waals surface area (Å²) in [4.78, 5) is 25.3. The normalized spacial score (nSPS) is 11.1. The molecule has 4 rings (SSSR count). The summed E-state index contributed by atoms with van der Waals surface area (Å²) < 4.78 is 1.79. The number of carbonyl (C=O) groups is 2. The second-order valence-corrected chi connectivity index (χ2v) is 7.81. The fourth-order valence-electron chi connectivity index (χ4n) is 3.56. The van der Waals surface area contributed by atoms with Crippen LogP contribution in [0.5, 0.6) is 5.75 Å². The molecule has 0 aliphatic carbocycles. The summed E-state index contributed by atoms with van der Waals surface area (Å²) in [6.07, 6.45) is 3.26. The lowest BCUT2D eigenvalue weighted by Crippen LogP contribution is -2.18. The zero-order valence-corrected chi connectivity index (χ0v) is 18.4. The van der Waals surface area contributed by atoms with Crippen molar-refractivity contribution in [1.82, 2.24) is 4.57 Å². The number of aromatic hydroxyl groups is 1. The maximum Gasteiger partial charge on any atom is 0.266 e. The van der Waals surface area contributed by atoms with Crippen molar-refractivity contribution < 1.29 is 14.7 Å². The molecule has 0 radical (unpaired) electrons. The Kier molecular flexibility index (Phi) is 6.42. The Balaban J connectivity index is 1.58. The molecule has 4 aromatic rings. The van der Waals surface area contributed by atoms with Gasteiger partial charge in [0.15, 0.2) is 0 Å². The van der Waals surface area contributed by atoms with Crippen LogP contribution in [0.3, 0.4) is 0 Å². The zero-order chi connectivity index (χ0) is 24.1. The molecule has 0 bridgehead atoms. The lowest BCUT2D eigenvalue weighted by atomic mass is 10.1. The molecule has 0 spiro atoms. The van der Waals surface area contributed by atoms with E-state index in [0.717, 1.165) is 16.5 Å². The molecule has 168 valence electrons. The second kappa shape index (κ2) is 9.76. The Morgan fingerprint density at radius 2 is 1.62 bits per heavy atom. The number of hydrogen-bond donors (Lipinski definition) is 3. The van der Waals surface area contributed by atoms with E-state index in [1.54, 1.807) is 22.9 Å². The molecule has 0 aliphatic heterocycles. The molecule has 0 saturated heterocycles. The first kappa shape index (κ1) is 22.4. The monoisotopic (exact) mass is 450 g/mol. The molecule has 34 heavy (non-hydrogen) atoms. The molecule has 7 heteroatoms. The Hall–Kier alpha value is -4.83. The number of amides is 2. The van der Waals surface area contributed by atoms with Gasteiger partial charge in [0.05, 0.1) is 0 Å². The van der Waals surface area contributed by atoms with E-state index in [1.165, 1.54) is 18.2 Å². The van der Waals surface area contributed by atoms with Crippen molar-refractivity contribution >= 4 is 40.2 Å². The van der Waals surface area contributed by atoms with Gasteiger partial charge in [-0.1, -0.05) is 35.9 Å². The van der Waals surface area contributed by atoms with Crippen molar-refractivity contribution in [1.29, 1.82) is 5.26 Å². The van der Waals surface area contributed by atoms with Crippen molar-refractivity contribution in [2.24, 2.45) is 0 Å². The summed E-state index contributed by atoms with van der Waals surface area (Å²) in [7, 11) is 0. The molecule has 0 atom stereocenters. The van der Waals surface area contributed by atoms with Crippen molar-refractivity contribution in [3.05, 3.63) is 95.7 Å². The maximum atomic E-state index is 12.7. The van der Waals surface area contributed by atoms with Gasteiger partial charge in [0, 0.05) is 34.0 Å². The van der Waals surface area contributed by atoms with Crippen LogP contribution in [0.2, 0.25) is 0 Å². The molecule has 1 aromatic heterocycles. The van der Waals surface area contributed by atoms with Gasteiger partial charge < -0.3 is 20.3 Å². The number of anilines is 2. The number of para-hydroxylation sites is 1. The SMILES string of the molecule is Cc1ccc(NC(=O)Cn2cc(C=C(C#N)C(=O)Nc3ccc(O)cc3)c3ccccc32)cc1. The van der Waals surface area contributed by atoms with Gasteiger partial charge in [-0.25, -0.2) is 0 Å². The number of benzene rings is 3. The summed E-state index contributed by atoms with van der Waals surface area (Å²) in [5.74, 6) is -0.680. The van der Waals surface area contributed by atoms with E-state index in [1.807, 2.05) is 61.5 Å². The van der Waals surface area contributed by atoms with Crippen molar-refractivity contribution in [3.63, 3.8) is 0 Å². The Morgan fingerprint density at radius 1 is 0.971 bits per heavy atom. The number of phenolic OH excluding ortho intramolecular Hbond substituents is 1. The summed E-state index contributed by atoms with van der Waals surface area (Å²) in [5, 5.41) is 25.3. The molecule has 7 nitrogen and oxygen atoms in total. The first-order valence-electron chi connectivity index (χ1n) is 10.6. The topological polar surface area (TPSA) is 107 Å². The van der Waals surface area contributed by atoms with E-state index in [-0.39, 0.29) is 23.8 Å². The number of nitrogens with one attached hydrogen (secondary N) is 2. The summed E-state index contributed by atoms with van der Waals surface area (Å²) in [6.45, 7) is 2.05. The number of nitrogens with zero attached hydrogens (tertiary/aromatic N) is 2. The summed E-state index contributed by atoms with van der Waals surface area (Å²) in [5.41, 5.74) is 3.65. The van der Waals surface area contributed by atoms with Crippen LogP contribution in [-0.2, 0) is 16.1 Å². The largest absolute Gasteiger partial charge is 0.508 e. The van der Waals surface area contributed by atoms with Gasteiger partial charge in [-0.15, -0.1) is 0 Å². The Bertz CT molecular complexity index is 1430. The van der Waals surface area contributed by atoms with Crippen LogP contribution in [-0.4, -0.2) is 21.5 Å². The van der Waals surface area contributed by atoms with Crippen LogP contribution in [0, 0.1) is 18.3 Å². The minimum Gasteiger partial charge on any atom is -0.508 e. The van der Waals surface area contributed by atoms with Crippen LogP contribution in [0.15, 0.2) is 84.6 Å². The van der Waals surface area contributed by atoms with Crippen LogP contribution in [0.1, 0.15) is 11.1 Å². The molecule has 3 N–H and O–H groups in total. The third-order valence-electron chi connectivity index (χ3n) is 5.26. The highest BCUT2D eigenvalue weighted by atomic mass is 16.3. The van der Waals surface area contributed by atoms with Crippen LogP contribution in [0.4, 0.5) is 11.4 Å². The lowest BCUT2D eigenvalue weighted by molar-refractivity contribution is -0.116. The average molecular weight is 450 g/mol. The van der Waals surface area contributed by atoms with Crippen molar-refractivity contribution in [3.8, 4) is 11.8 Å². The second-order valence-electron chi connectivity index (χ2n) is 7.81. The Labute approximate surface area is 196 Å². The molecule has 0 unspecified atom stereocenters. The number of phenols is 1. The maximum absolute atomic E-state index is 12.7. The van der Waals surface area contributed by atoms with Gasteiger partial charge in [0.25, 0.3) is 5.91 Å². The predicted molar refractivity (Wildman–Crippen MR) is 132 cm³/mol. The molecule has 0 fully saturated rings. The van der Waals surface area contributed by atoms with E-state index < -0.39 is 5.91 Å². The van der Waals surface area contributed by atoms with Gasteiger partial charge in [0.1, 0.15) is 23.9 Å². The highest BCUT2D eigenvalue weighted by molar-refractivity contribution is 6.10. The van der Waals surface area contributed by atoms with Gasteiger partial charge in [-0.2, -0.15) is 5.26 Å². The van der Waals surface area contributed by atoms with E-state index in [9.17, 15) is 20.0 Å². The van der Waals surface area contributed by atoms with Gasteiger partial charge in [-0.3, -0.25) is 9.59 Å². The molecule has 1 heterocycles. The average Bonchev–Trinajstić information content (AvgIpc) is 3.17. The minimum atomic E-state index is -0.567. The van der Waals surface area contributed by atoms with E-state index in [0.29, 0.717) is 16.9 Å². The smallest absolute Gasteiger partial charge is 0.266 e. The third-order valence-corrected chi connectivity index (χ3v) is 5.26. The first-order chi connectivity index (χ1) is 16.4. The van der Waals surface area contributed by atoms with Crippen molar-refractivity contribution in [2.75, 3.05) is 10.6 Å². The number of aromatic nitrogens is 1. The first-order valence-corrected chi connectivity index (χ1v) is 10.6. The van der Waals surface area contributed by atoms with Gasteiger partial charge in [-0.05, 0) is 55.5 Å². The zero-order valence-electron chi connectivity index (χ0n) is 18.4. The third kappa shape index (κ3) is 5.14. The number of nitriles is 1. The number of carbonyl (C=O) groups excluding carboxylic acids is 2. The quantitative estimate of drug-likeness (QED) is 0.222. The van der Waals surface area contributed by atoms with Crippen molar-refractivity contribution in [2.45, 2.75) is 13.5 Å². The van der Waals surface area contributed by atoms with Crippen LogP contribution in [0.25, 0.3) is 17.0 Å². The standard InChI is InChI=1S/C27H22N4O3/c1-18-6-8-21(9-7-18)29-26(33)17-31-16-20(24-4-2-3-5-25(24)31)14-19(15-28)27(34)30-22-10-12-23(32)13-11-22/h2-14,16,32H,17H2,1H3,(H,29,33)(H,30,34). The minimum absolute atomic E-state index is 0.0732. The fraction of sp³-hybridized carbons (Fsp3) is 0.0741. The predicted octanol–water partition coefficient (Wildman–Crippen LogP) is 4.84. The number of aryl methyl sites for hydroxylation is 1. The highest BCUT2D eigenvalue weighted by Crippen LogP contribution is 2.24. The van der Waals surface area contributed by atoms with Crippen LogP contribution >= 0.6 is 0 Å². The lowest BCUT2D eigenvalue weighted by Gasteiger charge is -2.07. The van der Waals surface area contributed by atoms with Gasteiger partial charge >= 0.3 is 0 Å². The van der Waals surface area contributed by atoms with E-state index in [2.05, 4.69) is 10.6 Å². The molecular weight excluding hydrogens is 428 g/mol. The Morgan fingerprint density at radius 3 is 2.32 bits per heavy atom. The highest BCUT2D eigenvalue weighted by Gasteiger charge is 2.14. The molecule has 0 aliphatic rings. The summed E-state index contributed by atoms with van der Waals surface area (Å²) in [6, 6.07) is 23.0. The summed E-state index contributed by atoms with van der Waals surface area (Å²) >= 11 is 0. The number of fused-ring (bicyclic) bond motifs is 1. The number of rotatable bonds is 6. The van der Waals surface area contributed by atoms with E-state index in [4.69, 9.17) is 0 Å². The molecule has 3 aromatic carbocycles.